The predicted molar refractivity (Wildman–Crippen MR) is 302 cm³/mol. The van der Waals surface area contributed by atoms with Crippen molar-refractivity contribution < 1.29 is 25.2 Å². The van der Waals surface area contributed by atoms with Gasteiger partial charge in [0.2, 0.25) is 5.91 Å². The van der Waals surface area contributed by atoms with Gasteiger partial charge >= 0.3 is 0 Å². The van der Waals surface area contributed by atoms with Crippen LogP contribution >= 0.6 is 0 Å². The molecule has 4 unspecified atom stereocenters. The average molecular weight is 977 g/mol. The minimum absolute atomic E-state index is 0.370. The molecule has 0 spiro atoms. The van der Waals surface area contributed by atoms with Crippen molar-refractivity contribution >= 4 is 5.91 Å². The van der Waals surface area contributed by atoms with E-state index in [0.717, 1.165) is 38.5 Å². The van der Waals surface area contributed by atoms with Crippen LogP contribution < -0.4 is 5.32 Å². The Labute approximate surface area is 432 Å². The van der Waals surface area contributed by atoms with Crippen LogP contribution in [0, 0.1) is 0 Å². The molecule has 5 N–H and O–H groups in total. The van der Waals surface area contributed by atoms with E-state index in [-0.39, 0.29) is 0 Å². The Morgan fingerprint density at radius 3 is 0.841 bits per heavy atom. The summed E-state index contributed by atoms with van der Waals surface area (Å²) in [4.78, 5) is 12.6. The van der Waals surface area contributed by atoms with E-state index in [0.29, 0.717) is 12.8 Å². The van der Waals surface area contributed by atoms with E-state index < -0.39 is 36.9 Å². The molecular weight excluding hydrogens is 851 g/mol. The van der Waals surface area contributed by atoms with Crippen LogP contribution in [0.15, 0.2) is 12.2 Å². The summed E-state index contributed by atoms with van der Waals surface area (Å²) in [6.45, 7) is 4.11. The summed E-state index contributed by atoms with van der Waals surface area (Å²) in [7, 11) is 0. The molecule has 0 rings (SSSR count). The maximum absolute atomic E-state index is 12.6. The lowest BCUT2D eigenvalue weighted by atomic mass is 9.99. The quantitative estimate of drug-likeness (QED) is 0.0308. The number of hydrogen-bond acceptors (Lipinski definition) is 5. The highest BCUT2D eigenvalue weighted by atomic mass is 16.3. The van der Waals surface area contributed by atoms with Crippen LogP contribution in [0.3, 0.4) is 0 Å². The molecular formula is C63H125NO5. The van der Waals surface area contributed by atoms with Crippen molar-refractivity contribution in [2.45, 2.75) is 379 Å². The van der Waals surface area contributed by atoms with Crippen LogP contribution in [-0.2, 0) is 4.79 Å². The van der Waals surface area contributed by atoms with Gasteiger partial charge in [0, 0.05) is 0 Å². The minimum atomic E-state index is -1.26. The fraction of sp³-hybridized carbons (Fsp3) is 0.952. The Kier molecular flexibility index (Phi) is 57.1. The molecule has 0 aliphatic rings. The predicted octanol–water partition coefficient (Wildman–Crippen LogP) is 18.8. The molecule has 0 radical (unpaired) electrons. The highest BCUT2D eigenvalue weighted by Crippen LogP contribution is 2.19. The summed E-state index contributed by atoms with van der Waals surface area (Å²) in [6, 6.07) is -0.985. The summed E-state index contributed by atoms with van der Waals surface area (Å²) in [5, 5.41) is 44.2. The number of hydrogen-bond donors (Lipinski definition) is 5. The first-order valence-electron chi connectivity index (χ1n) is 31.6. The van der Waals surface area contributed by atoms with Crippen molar-refractivity contribution in [3.63, 3.8) is 0 Å². The first-order valence-corrected chi connectivity index (χ1v) is 31.6. The molecule has 412 valence electrons. The molecule has 0 bridgehead atoms. The summed E-state index contributed by atoms with van der Waals surface area (Å²) in [5.41, 5.74) is 0. The van der Waals surface area contributed by atoms with Gasteiger partial charge in [-0.1, -0.05) is 328 Å². The van der Waals surface area contributed by atoms with Gasteiger partial charge < -0.3 is 25.7 Å². The molecule has 1 amide bonds. The summed E-state index contributed by atoms with van der Waals surface area (Å²) >= 11 is 0. The highest BCUT2D eigenvalue weighted by Gasteiger charge is 2.28. The molecule has 6 heteroatoms. The third kappa shape index (κ3) is 51.7. The number of aliphatic hydroxyl groups excluding tert-OH is 4. The fourth-order valence-electron chi connectivity index (χ4n) is 10.3. The monoisotopic (exact) mass is 976 g/mol. The van der Waals surface area contributed by atoms with Crippen LogP contribution in [0.2, 0.25) is 0 Å². The van der Waals surface area contributed by atoms with Gasteiger partial charge in [0.05, 0.1) is 18.8 Å². The SMILES string of the molecule is CCCCCCCCCCCCCC/C=C\CCCCCCCCCCCC(O)C(=O)NC(CO)C(O)C(O)CCCCCCCCCCCCCCCCCCCCCCCCCCCCCC. The normalized spacial score (nSPS) is 13.7. The number of carbonyl (C=O) groups excluding carboxylic acids is 1. The maximum atomic E-state index is 12.6. The first kappa shape index (κ1) is 68.0. The molecule has 4 atom stereocenters. The standard InChI is InChI=1S/C63H125NO5/c1-3-5-7-9-11-13-15-17-19-21-23-25-27-29-30-31-33-34-36-38-40-42-44-46-48-50-52-54-56-60(66)62(68)59(58-65)64-63(69)61(67)57-55-53-51-49-47-45-43-41-39-37-35-32-28-26-24-22-20-18-16-14-12-10-8-6-4-2/h32,35,59-62,65-68H,3-31,33-34,36-58H2,1-2H3,(H,64,69)/b35-32-. The Hall–Kier alpha value is -0.950. The zero-order valence-electron chi connectivity index (χ0n) is 46.8. The van der Waals surface area contributed by atoms with Crippen LogP contribution in [0.5, 0.6) is 0 Å². The second-order valence-corrected chi connectivity index (χ2v) is 22.1. The molecule has 6 nitrogen and oxygen atoms in total. The van der Waals surface area contributed by atoms with Gasteiger partial charge in [-0.2, -0.15) is 0 Å². The second-order valence-electron chi connectivity index (χ2n) is 22.1. The lowest BCUT2D eigenvalue weighted by Gasteiger charge is -2.27. The third-order valence-electron chi connectivity index (χ3n) is 15.2. The van der Waals surface area contributed by atoms with E-state index in [1.807, 2.05) is 0 Å². The number of amides is 1. The van der Waals surface area contributed by atoms with Gasteiger partial charge in [-0.25, -0.2) is 0 Å². The van der Waals surface area contributed by atoms with Crippen LogP contribution in [-0.4, -0.2) is 57.3 Å². The third-order valence-corrected chi connectivity index (χ3v) is 15.2. The summed E-state index contributed by atoms with van der Waals surface area (Å²) < 4.78 is 0. The Morgan fingerprint density at radius 2 is 0.580 bits per heavy atom. The van der Waals surface area contributed by atoms with E-state index >= 15 is 0 Å². The zero-order chi connectivity index (χ0) is 50.2. The van der Waals surface area contributed by atoms with Gasteiger partial charge in [0.15, 0.2) is 0 Å². The number of nitrogens with one attached hydrogen (secondary N) is 1. The Morgan fingerprint density at radius 1 is 0.348 bits per heavy atom. The zero-order valence-corrected chi connectivity index (χ0v) is 46.8. The van der Waals surface area contributed by atoms with Crippen molar-refractivity contribution in [2.75, 3.05) is 6.61 Å². The Bertz CT molecular complexity index is 1010. The van der Waals surface area contributed by atoms with E-state index in [1.165, 1.54) is 289 Å². The van der Waals surface area contributed by atoms with Crippen molar-refractivity contribution in [3.05, 3.63) is 12.2 Å². The van der Waals surface area contributed by atoms with Crippen molar-refractivity contribution in [1.82, 2.24) is 5.32 Å². The molecule has 0 aromatic rings. The molecule has 69 heavy (non-hydrogen) atoms. The smallest absolute Gasteiger partial charge is 0.249 e. The van der Waals surface area contributed by atoms with Gasteiger partial charge in [0.25, 0.3) is 0 Å². The van der Waals surface area contributed by atoms with Crippen molar-refractivity contribution in [2.24, 2.45) is 0 Å². The maximum Gasteiger partial charge on any atom is 0.249 e. The first-order chi connectivity index (χ1) is 34.0. The summed E-state index contributed by atoms with van der Waals surface area (Å²) in [6.07, 6.45) is 70.2. The van der Waals surface area contributed by atoms with Crippen LogP contribution in [0.25, 0.3) is 0 Å². The average Bonchev–Trinajstić information content (AvgIpc) is 3.35. The van der Waals surface area contributed by atoms with Crippen LogP contribution in [0.4, 0.5) is 0 Å². The lowest BCUT2D eigenvalue weighted by Crippen LogP contribution is -2.53. The number of allylic oxidation sites excluding steroid dienone is 2. The van der Waals surface area contributed by atoms with E-state index in [2.05, 4.69) is 31.3 Å². The van der Waals surface area contributed by atoms with E-state index in [9.17, 15) is 25.2 Å². The Balaban J connectivity index is 3.57. The molecule has 0 aromatic heterocycles. The molecule has 0 fully saturated rings. The lowest BCUT2D eigenvalue weighted by molar-refractivity contribution is -0.132. The van der Waals surface area contributed by atoms with Crippen LogP contribution in [0.1, 0.15) is 354 Å². The topological polar surface area (TPSA) is 110 Å². The molecule has 0 aromatic carbocycles. The number of rotatable bonds is 59. The van der Waals surface area contributed by atoms with E-state index in [1.54, 1.807) is 0 Å². The van der Waals surface area contributed by atoms with Gasteiger partial charge in [0.1, 0.15) is 12.2 Å². The number of aliphatic hydroxyl groups is 4. The van der Waals surface area contributed by atoms with Gasteiger partial charge in [-0.05, 0) is 38.5 Å². The van der Waals surface area contributed by atoms with E-state index in [4.69, 9.17) is 0 Å². The summed E-state index contributed by atoms with van der Waals surface area (Å²) in [5.74, 6) is -0.579. The second kappa shape index (κ2) is 57.9. The van der Waals surface area contributed by atoms with Crippen molar-refractivity contribution in [3.8, 4) is 0 Å². The highest BCUT2D eigenvalue weighted by molar-refractivity contribution is 5.80. The van der Waals surface area contributed by atoms with Gasteiger partial charge in [-0.3, -0.25) is 4.79 Å². The molecule has 0 saturated heterocycles. The molecule has 0 saturated carbocycles. The minimum Gasteiger partial charge on any atom is -0.394 e. The number of unbranched alkanes of at least 4 members (excludes halogenated alkanes) is 48. The largest absolute Gasteiger partial charge is 0.394 e. The fourth-order valence-corrected chi connectivity index (χ4v) is 10.3. The van der Waals surface area contributed by atoms with Gasteiger partial charge in [-0.15, -0.1) is 0 Å². The molecule has 0 aliphatic heterocycles. The number of carbonyl (C=O) groups is 1. The molecule has 0 aliphatic carbocycles. The van der Waals surface area contributed by atoms with Crippen molar-refractivity contribution in [1.29, 1.82) is 0 Å². The molecule has 0 heterocycles.